The van der Waals surface area contributed by atoms with E-state index >= 15 is 0 Å². The number of rotatable bonds is 7. The van der Waals surface area contributed by atoms with Crippen LogP contribution in [0.15, 0.2) is 65.9 Å². The molecule has 6 heteroatoms. The van der Waals surface area contributed by atoms with Crippen LogP contribution in [0.5, 0.6) is 0 Å². The molecule has 0 aliphatic rings. The van der Waals surface area contributed by atoms with Gasteiger partial charge >= 0.3 is 12.1 Å². The Bertz CT molecular complexity index is 814. The van der Waals surface area contributed by atoms with E-state index in [4.69, 9.17) is 4.74 Å². The van der Waals surface area contributed by atoms with Crippen molar-refractivity contribution in [3.05, 3.63) is 82.6 Å². The summed E-state index contributed by atoms with van der Waals surface area (Å²) >= 11 is 0. The molecule has 142 valence electrons. The molecule has 27 heavy (non-hydrogen) atoms. The van der Waals surface area contributed by atoms with Crippen molar-refractivity contribution < 1.29 is 19.4 Å². The lowest BCUT2D eigenvalue weighted by atomic mass is 9.96. The Hall–Kier alpha value is -3.28. The molecule has 0 saturated heterocycles. The van der Waals surface area contributed by atoms with Crippen LogP contribution in [-0.4, -0.2) is 24.3 Å². The van der Waals surface area contributed by atoms with Gasteiger partial charge in [-0.3, -0.25) is 0 Å². The molecule has 2 rings (SSSR count). The first kappa shape index (κ1) is 20.0. The first-order valence-corrected chi connectivity index (χ1v) is 8.55. The SMILES string of the molecule is COC(=O)C(=C(C)NCc1ccccc1)[C@@H](NC(=O)O)c1ccc(C)cc1. The molecule has 0 radical (unpaired) electrons. The molecule has 2 aromatic rings. The molecule has 0 aliphatic carbocycles. The van der Waals surface area contributed by atoms with Crippen LogP contribution in [0.25, 0.3) is 0 Å². The van der Waals surface area contributed by atoms with Gasteiger partial charge < -0.3 is 20.5 Å². The minimum atomic E-state index is -1.22. The standard InChI is InChI=1S/C21H24N2O4/c1-14-9-11-17(12-10-14)19(23-21(25)26)18(20(24)27-3)15(2)22-13-16-7-5-4-6-8-16/h4-12,19,22-23H,13H2,1-3H3,(H,25,26)/t19-/m0/s1. The Balaban J connectivity index is 2.40. The van der Waals surface area contributed by atoms with E-state index in [0.29, 0.717) is 17.8 Å². The van der Waals surface area contributed by atoms with Crippen molar-refractivity contribution in [2.75, 3.05) is 7.11 Å². The van der Waals surface area contributed by atoms with Crippen molar-refractivity contribution in [3.8, 4) is 0 Å². The van der Waals surface area contributed by atoms with Gasteiger partial charge in [0.1, 0.15) is 0 Å². The highest BCUT2D eigenvalue weighted by Crippen LogP contribution is 2.25. The van der Waals surface area contributed by atoms with Crippen molar-refractivity contribution >= 4 is 12.1 Å². The van der Waals surface area contributed by atoms with Crippen molar-refractivity contribution in [1.29, 1.82) is 0 Å². The highest BCUT2D eigenvalue weighted by atomic mass is 16.5. The van der Waals surface area contributed by atoms with E-state index < -0.39 is 18.1 Å². The molecule has 0 bridgehead atoms. The van der Waals surface area contributed by atoms with Crippen molar-refractivity contribution in [2.45, 2.75) is 26.4 Å². The maximum atomic E-state index is 12.5. The van der Waals surface area contributed by atoms with Gasteiger partial charge in [0.2, 0.25) is 0 Å². The summed E-state index contributed by atoms with van der Waals surface area (Å²) in [7, 11) is 1.28. The monoisotopic (exact) mass is 368 g/mol. The average Bonchev–Trinajstić information content (AvgIpc) is 2.66. The van der Waals surface area contributed by atoms with Gasteiger partial charge in [-0.05, 0) is 25.0 Å². The molecule has 0 heterocycles. The average molecular weight is 368 g/mol. The second kappa shape index (κ2) is 9.43. The van der Waals surface area contributed by atoms with E-state index in [1.807, 2.05) is 49.4 Å². The predicted molar refractivity (Wildman–Crippen MR) is 103 cm³/mol. The van der Waals surface area contributed by atoms with Gasteiger partial charge in [0.05, 0.1) is 18.7 Å². The normalized spacial score (nSPS) is 12.6. The van der Waals surface area contributed by atoms with Crippen LogP contribution in [0.1, 0.15) is 29.7 Å². The molecule has 2 aromatic carbocycles. The smallest absolute Gasteiger partial charge is 0.405 e. The van der Waals surface area contributed by atoms with Crippen LogP contribution in [0, 0.1) is 6.92 Å². The zero-order valence-electron chi connectivity index (χ0n) is 15.7. The summed E-state index contributed by atoms with van der Waals surface area (Å²) in [5.74, 6) is -0.590. The molecule has 3 N–H and O–H groups in total. The zero-order valence-corrected chi connectivity index (χ0v) is 15.7. The Morgan fingerprint density at radius 1 is 1.07 bits per heavy atom. The number of allylic oxidation sites excluding steroid dienone is 1. The fourth-order valence-corrected chi connectivity index (χ4v) is 2.73. The highest BCUT2D eigenvalue weighted by Gasteiger charge is 2.27. The molecular weight excluding hydrogens is 344 g/mol. The fourth-order valence-electron chi connectivity index (χ4n) is 2.73. The summed E-state index contributed by atoms with van der Waals surface area (Å²) in [4.78, 5) is 23.8. The molecule has 0 saturated carbocycles. The first-order valence-electron chi connectivity index (χ1n) is 8.55. The Morgan fingerprint density at radius 3 is 2.26 bits per heavy atom. The number of esters is 1. The number of benzene rings is 2. The maximum absolute atomic E-state index is 12.5. The Kier molecular flexibility index (Phi) is 7.00. The van der Waals surface area contributed by atoms with Gasteiger partial charge in [-0.25, -0.2) is 9.59 Å². The van der Waals surface area contributed by atoms with Gasteiger partial charge in [0.15, 0.2) is 0 Å². The maximum Gasteiger partial charge on any atom is 0.405 e. The minimum Gasteiger partial charge on any atom is -0.466 e. The van der Waals surface area contributed by atoms with Gasteiger partial charge in [-0.1, -0.05) is 60.2 Å². The molecule has 0 aliphatic heterocycles. The number of aryl methyl sites for hydroxylation is 1. The van der Waals surface area contributed by atoms with E-state index in [-0.39, 0.29) is 5.57 Å². The van der Waals surface area contributed by atoms with Crippen LogP contribution >= 0.6 is 0 Å². The highest BCUT2D eigenvalue weighted by molar-refractivity contribution is 5.91. The quantitative estimate of drug-likeness (QED) is 0.514. The number of carbonyl (C=O) groups is 2. The molecule has 0 unspecified atom stereocenters. The van der Waals surface area contributed by atoms with Crippen LogP contribution in [-0.2, 0) is 16.1 Å². The lowest BCUT2D eigenvalue weighted by molar-refractivity contribution is -0.136. The van der Waals surface area contributed by atoms with E-state index in [1.54, 1.807) is 19.1 Å². The van der Waals surface area contributed by atoms with Gasteiger partial charge in [-0.2, -0.15) is 0 Å². The molecule has 0 spiro atoms. The molecule has 1 amide bonds. The number of methoxy groups -OCH3 is 1. The number of hydrogen-bond acceptors (Lipinski definition) is 4. The molecular formula is C21H24N2O4. The summed E-state index contributed by atoms with van der Waals surface area (Å²) < 4.78 is 4.92. The second-order valence-electron chi connectivity index (χ2n) is 6.16. The topological polar surface area (TPSA) is 87.7 Å². The fraction of sp³-hybridized carbons (Fsp3) is 0.238. The number of carboxylic acid groups (broad SMARTS) is 1. The van der Waals surface area contributed by atoms with Gasteiger partial charge in [-0.15, -0.1) is 0 Å². The van der Waals surface area contributed by atoms with Crippen molar-refractivity contribution in [2.24, 2.45) is 0 Å². The van der Waals surface area contributed by atoms with Crippen molar-refractivity contribution in [3.63, 3.8) is 0 Å². The van der Waals surface area contributed by atoms with Gasteiger partial charge in [0.25, 0.3) is 0 Å². The van der Waals surface area contributed by atoms with Crippen LogP contribution in [0.2, 0.25) is 0 Å². The van der Waals surface area contributed by atoms with E-state index in [0.717, 1.165) is 11.1 Å². The summed E-state index contributed by atoms with van der Waals surface area (Å²) in [5.41, 5.74) is 3.50. The number of nitrogens with one attached hydrogen (secondary N) is 2. The Morgan fingerprint density at radius 2 is 1.70 bits per heavy atom. The molecule has 6 nitrogen and oxygen atoms in total. The number of carbonyl (C=O) groups excluding carboxylic acids is 1. The third kappa shape index (κ3) is 5.60. The number of ether oxygens (including phenoxy) is 1. The number of hydrogen-bond donors (Lipinski definition) is 3. The molecule has 0 aromatic heterocycles. The summed E-state index contributed by atoms with van der Waals surface area (Å²) in [5, 5.41) is 14.9. The minimum absolute atomic E-state index is 0.222. The predicted octanol–water partition coefficient (Wildman–Crippen LogP) is 3.54. The lowest BCUT2D eigenvalue weighted by Crippen LogP contribution is -2.33. The third-order valence-corrected chi connectivity index (χ3v) is 4.18. The summed E-state index contributed by atoms with van der Waals surface area (Å²) in [6, 6.07) is 16.2. The Labute approximate surface area is 158 Å². The van der Waals surface area contributed by atoms with Gasteiger partial charge in [0, 0.05) is 12.2 Å². The molecule has 1 atom stereocenters. The molecule has 0 fully saturated rings. The van der Waals surface area contributed by atoms with E-state index in [2.05, 4.69) is 10.6 Å². The lowest BCUT2D eigenvalue weighted by Gasteiger charge is -2.22. The van der Waals surface area contributed by atoms with Crippen LogP contribution in [0.4, 0.5) is 4.79 Å². The second-order valence-corrected chi connectivity index (χ2v) is 6.16. The van der Waals surface area contributed by atoms with Crippen LogP contribution < -0.4 is 10.6 Å². The largest absolute Gasteiger partial charge is 0.466 e. The van der Waals surface area contributed by atoms with Crippen molar-refractivity contribution in [1.82, 2.24) is 10.6 Å². The zero-order chi connectivity index (χ0) is 19.8. The van der Waals surface area contributed by atoms with E-state index in [9.17, 15) is 14.7 Å². The van der Waals surface area contributed by atoms with E-state index in [1.165, 1.54) is 7.11 Å². The van der Waals surface area contributed by atoms with Crippen LogP contribution in [0.3, 0.4) is 0 Å². The first-order chi connectivity index (χ1) is 12.9. The summed E-state index contributed by atoms with van der Waals surface area (Å²) in [6.07, 6.45) is -1.22. The third-order valence-electron chi connectivity index (χ3n) is 4.18. The summed E-state index contributed by atoms with van der Waals surface area (Å²) in [6.45, 7) is 4.17. The number of amides is 1.